The number of carbonyl (C=O) groups is 3. The topological polar surface area (TPSA) is 81.8 Å². The number of nitrogens with one attached hydrogen (secondary N) is 2. The van der Waals surface area contributed by atoms with Crippen molar-refractivity contribution in [2.75, 3.05) is 27.2 Å². The monoisotopic (exact) mass is 358 g/mol. The molecule has 26 heavy (non-hydrogen) atoms. The summed E-state index contributed by atoms with van der Waals surface area (Å²) in [4.78, 5) is 39.9. The Labute approximate surface area is 153 Å². The standard InChI is InChI=1S/C19H26N4O3/c1-20-8-3-9-22(2)11-13-4-5-15-14(10-13)12-23(19(15)26)16-6-7-17(24)21-18(16)25/h4-5,10,16,20H,3,6-9,11-12H2,1-2H3,(H,21,24,25). The number of amides is 3. The highest BCUT2D eigenvalue weighted by Gasteiger charge is 2.38. The maximum atomic E-state index is 12.7. The fraction of sp³-hybridized carbons (Fsp3) is 0.526. The highest BCUT2D eigenvalue weighted by molar-refractivity contribution is 6.05. The van der Waals surface area contributed by atoms with Gasteiger partial charge in [-0.3, -0.25) is 19.7 Å². The number of hydrogen-bond acceptors (Lipinski definition) is 5. The summed E-state index contributed by atoms with van der Waals surface area (Å²) in [5, 5.41) is 5.48. The van der Waals surface area contributed by atoms with Gasteiger partial charge in [0.25, 0.3) is 5.91 Å². The SMILES string of the molecule is CNCCCN(C)Cc1ccc2c(c1)CN(C1CCC(=O)NC1=O)C2=O. The van der Waals surface area contributed by atoms with Crippen molar-refractivity contribution in [3.63, 3.8) is 0 Å². The number of fused-ring (bicyclic) bond motifs is 1. The van der Waals surface area contributed by atoms with E-state index in [9.17, 15) is 14.4 Å². The number of nitrogens with zero attached hydrogens (tertiary/aromatic N) is 2. The van der Waals surface area contributed by atoms with Gasteiger partial charge in [-0.15, -0.1) is 0 Å². The number of carbonyl (C=O) groups excluding carboxylic acids is 3. The predicted octanol–water partition coefficient (Wildman–Crippen LogP) is 0.489. The van der Waals surface area contributed by atoms with Gasteiger partial charge in [-0.25, -0.2) is 0 Å². The minimum Gasteiger partial charge on any atom is -0.322 e. The molecule has 2 N–H and O–H groups in total. The van der Waals surface area contributed by atoms with Gasteiger partial charge in [0.15, 0.2) is 0 Å². The lowest BCUT2D eigenvalue weighted by Gasteiger charge is -2.29. The van der Waals surface area contributed by atoms with E-state index in [-0.39, 0.29) is 24.1 Å². The van der Waals surface area contributed by atoms with Crippen LogP contribution in [0.4, 0.5) is 0 Å². The van der Waals surface area contributed by atoms with Gasteiger partial charge in [0.1, 0.15) is 6.04 Å². The number of piperidine rings is 1. The molecule has 3 amide bonds. The Morgan fingerprint density at radius 1 is 1.31 bits per heavy atom. The molecule has 1 unspecified atom stereocenters. The first-order valence-electron chi connectivity index (χ1n) is 9.09. The van der Waals surface area contributed by atoms with Crippen molar-refractivity contribution >= 4 is 17.7 Å². The average Bonchev–Trinajstić information content (AvgIpc) is 2.91. The van der Waals surface area contributed by atoms with Crippen LogP contribution in [0.15, 0.2) is 18.2 Å². The van der Waals surface area contributed by atoms with Gasteiger partial charge in [0, 0.05) is 25.1 Å². The van der Waals surface area contributed by atoms with Gasteiger partial charge >= 0.3 is 0 Å². The zero-order valence-corrected chi connectivity index (χ0v) is 15.4. The smallest absolute Gasteiger partial charge is 0.255 e. The number of benzene rings is 1. The van der Waals surface area contributed by atoms with Crippen molar-refractivity contribution in [1.82, 2.24) is 20.4 Å². The lowest BCUT2D eigenvalue weighted by atomic mass is 10.0. The molecular weight excluding hydrogens is 332 g/mol. The van der Waals surface area contributed by atoms with Crippen molar-refractivity contribution in [3.05, 3.63) is 34.9 Å². The van der Waals surface area contributed by atoms with Crippen molar-refractivity contribution in [2.24, 2.45) is 0 Å². The van der Waals surface area contributed by atoms with Crippen LogP contribution < -0.4 is 10.6 Å². The first-order valence-corrected chi connectivity index (χ1v) is 9.09. The molecule has 2 aliphatic rings. The fourth-order valence-corrected chi connectivity index (χ4v) is 3.64. The van der Waals surface area contributed by atoms with Crippen LogP contribution >= 0.6 is 0 Å². The van der Waals surface area contributed by atoms with Crippen molar-refractivity contribution in [2.45, 2.75) is 38.4 Å². The molecule has 140 valence electrons. The molecule has 1 aromatic carbocycles. The van der Waals surface area contributed by atoms with E-state index in [1.165, 1.54) is 0 Å². The summed E-state index contributed by atoms with van der Waals surface area (Å²) in [5.74, 6) is -0.755. The minimum atomic E-state index is -0.555. The van der Waals surface area contributed by atoms with Crippen molar-refractivity contribution < 1.29 is 14.4 Å². The molecule has 0 bridgehead atoms. The second kappa shape index (κ2) is 7.97. The Morgan fingerprint density at radius 2 is 2.12 bits per heavy atom. The van der Waals surface area contributed by atoms with Gasteiger partial charge in [-0.1, -0.05) is 12.1 Å². The van der Waals surface area contributed by atoms with Crippen LogP contribution in [-0.4, -0.2) is 60.7 Å². The minimum absolute atomic E-state index is 0.122. The number of imide groups is 1. The lowest BCUT2D eigenvalue weighted by Crippen LogP contribution is -2.52. The van der Waals surface area contributed by atoms with E-state index >= 15 is 0 Å². The summed E-state index contributed by atoms with van der Waals surface area (Å²) in [6.07, 6.45) is 1.75. The fourth-order valence-electron chi connectivity index (χ4n) is 3.64. The lowest BCUT2D eigenvalue weighted by molar-refractivity contribution is -0.136. The van der Waals surface area contributed by atoms with E-state index in [2.05, 4.69) is 28.6 Å². The molecular formula is C19H26N4O3. The van der Waals surface area contributed by atoms with Gasteiger partial charge in [-0.2, -0.15) is 0 Å². The maximum Gasteiger partial charge on any atom is 0.255 e. The van der Waals surface area contributed by atoms with Crippen LogP contribution in [0.25, 0.3) is 0 Å². The second-order valence-electron chi connectivity index (χ2n) is 7.09. The Balaban J connectivity index is 1.66. The molecule has 0 spiro atoms. The maximum absolute atomic E-state index is 12.7. The normalized spacial score (nSPS) is 19.9. The van der Waals surface area contributed by atoms with E-state index in [1.807, 2.05) is 19.2 Å². The molecule has 1 fully saturated rings. The first kappa shape index (κ1) is 18.5. The van der Waals surface area contributed by atoms with Crippen LogP contribution in [-0.2, 0) is 22.7 Å². The third kappa shape index (κ3) is 3.94. The zero-order valence-electron chi connectivity index (χ0n) is 15.4. The molecule has 2 aliphatic heterocycles. The molecule has 7 nitrogen and oxygen atoms in total. The Kier molecular flexibility index (Phi) is 5.68. The molecule has 2 heterocycles. The molecule has 3 rings (SSSR count). The summed E-state index contributed by atoms with van der Waals surface area (Å²) < 4.78 is 0. The Bertz CT molecular complexity index is 719. The van der Waals surface area contributed by atoms with Gasteiger partial charge in [-0.05, 0) is 57.2 Å². The van der Waals surface area contributed by atoms with Crippen molar-refractivity contribution in [1.29, 1.82) is 0 Å². The van der Waals surface area contributed by atoms with E-state index in [4.69, 9.17) is 0 Å². The van der Waals surface area contributed by atoms with Crippen LogP contribution in [0.5, 0.6) is 0 Å². The van der Waals surface area contributed by atoms with Crippen LogP contribution in [0.2, 0.25) is 0 Å². The highest BCUT2D eigenvalue weighted by atomic mass is 16.2. The number of hydrogen-bond donors (Lipinski definition) is 2. The van der Waals surface area contributed by atoms with E-state index in [1.54, 1.807) is 4.90 Å². The summed E-state index contributed by atoms with van der Waals surface area (Å²) in [6, 6.07) is 5.35. The summed E-state index contributed by atoms with van der Waals surface area (Å²) in [7, 11) is 4.04. The third-order valence-electron chi connectivity index (χ3n) is 5.01. The summed E-state index contributed by atoms with van der Waals surface area (Å²) in [6.45, 7) is 3.24. The quantitative estimate of drug-likeness (QED) is 0.548. The third-order valence-corrected chi connectivity index (χ3v) is 5.01. The van der Waals surface area contributed by atoms with Crippen molar-refractivity contribution in [3.8, 4) is 0 Å². The molecule has 0 radical (unpaired) electrons. The molecule has 1 atom stereocenters. The molecule has 1 saturated heterocycles. The average molecular weight is 358 g/mol. The van der Waals surface area contributed by atoms with Gasteiger partial charge in [0.05, 0.1) is 0 Å². The van der Waals surface area contributed by atoms with E-state index in [0.717, 1.165) is 37.2 Å². The molecule has 0 aromatic heterocycles. The second-order valence-corrected chi connectivity index (χ2v) is 7.09. The van der Waals surface area contributed by atoms with Gasteiger partial charge in [0.2, 0.25) is 11.8 Å². The Hall–Kier alpha value is -2.25. The van der Waals surface area contributed by atoms with Crippen LogP contribution in [0.1, 0.15) is 40.7 Å². The molecule has 0 aliphatic carbocycles. The first-order chi connectivity index (χ1) is 12.5. The largest absolute Gasteiger partial charge is 0.322 e. The molecule has 0 saturated carbocycles. The zero-order chi connectivity index (χ0) is 18.7. The van der Waals surface area contributed by atoms with E-state index in [0.29, 0.717) is 18.5 Å². The highest BCUT2D eigenvalue weighted by Crippen LogP contribution is 2.28. The van der Waals surface area contributed by atoms with Crippen LogP contribution in [0, 0.1) is 0 Å². The Morgan fingerprint density at radius 3 is 2.85 bits per heavy atom. The molecule has 7 heteroatoms. The predicted molar refractivity (Wildman–Crippen MR) is 97.4 cm³/mol. The van der Waals surface area contributed by atoms with Crippen LogP contribution in [0.3, 0.4) is 0 Å². The van der Waals surface area contributed by atoms with Gasteiger partial charge < -0.3 is 15.1 Å². The van der Waals surface area contributed by atoms with E-state index < -0.39 is 6.04 Å². The number of rotatable bonds is 7. The summed E-state index contributed by atoms with van der Waals surface area (Å²) >= 11 is 0. The molecule has 1 aromatic rings. The summed E-state index contributed by atoms with van der Waals surface area (Å²) in [5.41, 5.74) is 2.78.